The van der Waals surface area contributed by atoms with Gasteiger partial charge in [-0.25, -0.2) is 0 Å². The minimum absolute atomic E-state index is 0.131. The van der Waals surface area contributed by atoms with E-state index in [0.29, 0.717) is 18.0 Å². The van der Waals surface area contributed by atoms with Crippen molar-refractivity contribution in [1.82, 2.24) is 10.2 Å². The zero-order chi connectivity index (χ0) is 18.3. The van der Waals surface area contributed by atoms with E-state index in [1.165, 1.54) is 4.90 Å². The van der Waals surface area contributed by atoms with Gasteiger partial charge in [0.15, 0.2) is 5.11 Å². The van der Waals surface area contributed by atoms with E-state index in [0.717, 1.165) is 11.1 Å². The predicted molar refractivity (Wildman–Crippen MR) is 98.4 cm³/mol. The van der Waals surface area contributed by atoms with Crippen LogP contribution in [-0.2, 0) is 15.3 Å². The lowest BCUT2D eigenvalue weighted by Gasteiger charge is -2.24. The van der Waals surface area contributed by atoms with Crippen molar-refractivity contribution >= 4 is 33.7 Å². The SMILES string of the molecule is CNC(=S)N(C)C(=O)C(CCC(C)N=S(=O)=O)c1ccc(C)cc1. The molecule has 2 atom stereocenters. The van der Waals surface area contributed by atoms with Crippen LogP contribution < -0.4 is 5.32 Å². The molecule has 6 nitrogen and oxygen atoms in total. The molecule has 0 bridgehead atoms. The maximum Gasteiger partial charge on any atom is 0.311 e. The van der Waals surface area contributed by atoms with Crippen molar-refractivity contribution in [1.29, 1.82) is 0 Å². The molecule has 0 fully saturated rings. The molecule has 0 saturated heterocycles. The van der Waals surface area contributed by atoms with Crippen LogP contribution in [0.25, 0.3) is 0 Å². The maximum atomic E-state index is 12.8. The number of hydrogen-bond acceptors (Lipinski definition) is 5. The summed E-state index contributed by atoms with van der Waals surface area (Å²) in [6, 6.07) is 7.37. The fourth-order valence-corrected chi connectivity index (χ4v) is 2.83. The lowest BCUT2D eigenvalue weighted by atomic mass is 9.91. The number of aryl methyl sites for hydroxylation is 1. The summed E-state index contributed by atoms with van der Waals surface area (Å²) in [5, 5.41) is 3.13. The average molecular weight is 370 g/mol. The molecule has 24 heavy (non-hydrogen) atoms. The van der Waals surface area contributed by atoms with Gasteiger partial charge in [0.2, 0.25) is 5.91 Å². The number of nitrogens with zero attached hydrogens (tertiary/aromatic N) is 2. The van der Waals surface area contributed by atoms with Gasteiger partial charge in [-0.05, 0) is 44.5 Å². The van der Waals surface area contributed by atoms with Crippen molar-refractivity contribution in [3.8, 4) is 0 Å². The van der Waals surface area contributed by atoms with Crippen LogP contribution in [0.4, 0.5) is 0 Å². The van der Waals surface area contributed by atoms with Gasteiger partial charge in [0.05, 0.1) is 12.0 Å². The lowest BCUT2D eigenvalue weighted by molar-refractivity contribution is -0.128. The third-order valence-electron chi connectivity index (χ3n) is 3.77. The summed E-state index contributed by atoms with van der Waals surface area (Å²) in [6.07, 6.45) is 0.971. The second-order valence-electron chi connectivity index (χ2n) is 5.66. The molecular formula is C16H23N3O3S2. The first-order valence-corrected chi connectivity index (χ1v) is 9.06. The molecule has 0 saturated carbocycles. The van der Waals surface area contributed by atoms with E-state index in [2.05, 4.69) is 9.68 Å². The second kappa shape index (κ2) is 9.48. The number of carbonyl (C=O) groups is 1. The lowest BCUT2D eigenvalue weighted by Crippen LogP contribution is -2.41. The molecule has 0 spiro atoms. The van der Waals surface area contributed by atoms with Crippen molar-refractivity contribution in [2.75, 3.05) is 14.1 Å². The summed E-state index contributed by atoms with van der Waals surface area (Å²) >= 11 is 5.13. The summed E-state index contributed by atoms with van der Waals surface area (Å²) in [6.45, 7) is 3.70. The van der Waals surface area contributed by atoms with E-state index < -0.39 is 16.4 Å². The Hall–Kier alpha value is -1.80. The summed E-state index contributed by atoms with van der Waals surface area (Å²) in [5.74, 6) is -0.534. The zero-order valence-corrected chi connectivity index (χ0v) is 15.9. The molecule has 8 heteroatoms. The number of carbonyl (C=O) groups excluding carboxylic acids is 1. The van der Waals surface area contributed by atoms with E-state index in [1.807, 2.05) is 31.2 Å². The monoisotopic (exact) mass is 369 g/mol. The number of likely N-dealkylation sites (N-methyl/N-ethyl adjacent to an activating group) is 1. The number of amides is 1. The van der Waals surface area contributed by atoms with Crippen LogP contribution in [0.3, 0.4) is 0 Å². The van der Waals surface area contributed by atoms with Gasteiger partial charge < -0.3 is 5.32 Å². The maximum absolute atomic E-state index is 12.8. The number of nitrogens with one attached hydrogen (secondary N) is 1. The minimum Gasteiger partial charge on any atom is -0.365 e. The van der Waals surface area contributed by atoms with Gasteiger partial charge in [0, 0.05) is 14.1 Å². The van der Waals surface area contributed by atoms with Crippen LogP contribution in [0.15, 0.2) is 28.6 Å². The molecule has 1 N–H and O–H groups in total. The van der Waals surface area contributed by atoms with Crippen LogP contribution >= 0.6 is 12.2 Å². The fourth-order valence-electron chi connectivity index (χ4n) is 2.34. The van der Waals surface area contributed by atoms with Gasteiger partial charge in [-0.15, -0.1) is 0 Å². The Bertz CT molecular complexity index is 707. The molecule has 1 aromatic rings. The molecule has 1 aromatic carbocycles. The van der Waals surface area contributed by atoms with E-state index in [4.69, 9.17) is 12.2 Å². The van der Waals surface area contributed by atoms with E-state index in [-0.39, 0.29) is 11.9 Å². The number of thiocarbonyl (C=S) groups is 1. The first-order valence-electron chi connectivity index (χ1n) is 7.62. The Balaban J connectivity index is 3.03. The summed E-state index contributed by atoms with van der Waals surface area (Å²) < 4.78 is 24.9. The van der Waals surface area contributed by atoms with Gasteiger partial charge in [0.25, 0.3) is 0 Å². The van der Waals surface area contributed by atoms with Crippen molar-refractivity contribution in [3.63, 3.8) is 0 Å². The van der Waals surface area contributed by atoms with Gasteiger partial charge >= 0.3 is 10.5 Å². The van der Waals surface area contributed by atoms with Crippen LogP contribution in [0.2, 0.25) is 0 Å². The summed E-state index contributed by atoms with van der Waals surface area (Å²) in [5.41, 5.74) is 1.99. The van der Waals surface area contributed by atoms with Crippen molar-refractivity contribution in [2.45, 2.75) is 38.6 Å². The highest BCUT2D eigenvalue weighted by Gasteiger charge is 2.26. The standard InChI is InChI=1S/C16H23N3O3S2/c1-11-5-8-13(9-6-11)14(10-7-12(2)18-24(21)22)15(20)19(4)16(23)17-3/h5-6,8-9,12,14H,7,10H2,1-4H3,(H,17,23). The van der Waals surface area contributed by atoms with Crippen molar-refractivity contribution < 1.29 is 13.2 Å². The van der Waals surface area contributed by atoms with E-state index >= 15 is 0 Å². The smallest absolute Gasteiger partial charge is 0.311 e. The van der Waals surface area contributed by atoms with Gasteiger partial charge in [-0.1, -0.05) is 29.8 Å². The molecule has 1 rings (SSSR count). The van der Waals surface area contributed by atoms with Crippen molar-refractivity contribution in [3.05, 3.63) is 35.4 Å². The average Bonchev–Trinajstić information content (AvgIpc) is 2.54. The quantitative estimate of drug-likeness (QED) is 0.778. The Kier molecular flexibility index (Phi) is 8.00. The van der Waals surface area contributed by atoms with Gasteiger partial charge in [-0.3, -0.25) is 9.69 Å². The topological polar surface area (TPSA) is 78.8 Å². The van der Waals surface area contributed by atoms with Gasteiger partial charge in [-0.2, -0.15) is 12.8 Å². The van der Waals surface area contributed by atoms with Crippen LogP contribution in [0.5, 0.6) is 0 Å². The molecular weight excluding hydrogens is 346 g/mol. The number of benzene rings is 1. The predicted octanol–water partition coefficient (Wildman–Crippen LogP) is 2.27. The summed E-state index contributed by atoms with van der Waals surface area (Å²) in [7, 11) is 0.855. The minimum atomic E-state index is -2.44. The number of rotatable bonds is 6. The largest absolute Gasteiger partial charge is 0.365 e. The van der Waals surface area contributed by atoms with Crippen LogP contribution in [0.1, 0.15) is 36.8 Å². The molecule has 132 valence electrons. The third kappa shape index (κ3) is 6.01. The summed E-state index contributed by atoms with van der Waals surface area (Å²) in [4.78, 5) is 14.2. The zero-order valence-electron chi connectivity index (χ0n) is 14.3. The number of hydrogen-bond donors (Lipinski definition) is 1. The highest BCUT2D eigenvalue weighted by molar-refractivity contribution is 7.80. The normalized spacial score (nSPS) is 12.8. The molecule has 0 aliphatic heterocycles. The van der Waals surface area contributed by atoms with E-state index in [9.17, 15) is 13.2 Å². The second-order valence-corrected chi connectivity index (χ2v) is 6.70. The van der Waals surface area contributed by atoms with Crippen LogP contribution in [0, 0.1) is 6.92 Å². The first-order chi connectivity index (χ1) is 11.3. The molecule has 0 aliphatic rings. The Labute approximate surface area is 150 Å². The van der Waals surface area contributed by atoms with Crippen LogP contribution in [-0.4, -0.2) is 44.5 Å². The Morgan fingerprint density at radius 2 is 1.88 bits per heavy atom. The molecule has 0 aliphatic carbocycles. The first kappa shape index (κ1) is 20.2. The fraction of sp³-hybridized carbons (Fsp3) is 0.500. The van der Waals surface area contributed by atoms with Gasteiger partial charge in [0.1, 0.15) is 0 Å². The van der Waals surface area contributed by atoms with E-state index in [1.54, 1.807) is 21.0 Å². The molecule has 0 heterocycles. The molecule has 1 amide bonds. The Morgan fingerprint density at radius 3 is 2.38 bits per heavy atom. The van der Waals surface area contributed by atoms with Crippen molar-refractivity contribution in [2.24, 2.45) is 4.36 Å². The Morgan fingerprint density at radius 1 is 1.29 bits per heavy atom. The molecule has 0 aromatic heterocycles. The molecule has 0 radical (unpaired) electrons. The molecule has 2 unspecified atom stereocenters. The third-order valence-corrected chi connectivity index (χ3v) is 4.78. The highest BCUT2D eigenvalue weighted by atomic mass is 32.2. The highest BCUT2D eigenvalue weighted by Crippen LogP contribution is 2.25.